The summed E-state index contributed by atoms with van der Waals surface area (Å²) in [6.07, 6.45) is 5.28. The third kappa shape index (κ3) is 6.22. The smallest absolute Gasteiger partial charge is 0.240 e. The molecule has 2 N–H and O–H groups in total. The van der Waals surface area contributed by atoms with Crippen LogP contribution in [0.3, 0.4) is 0 Å². The minimum atomic E-state index is -0.0382. The molecule has 0 spiro atoms. The first-order valence-corrected chi connectivity index (χ1v) is 8.94. The summed E-state index contributed by atoms with van der Waals surface area (Å²) in [7, 11) is 0. The first kappa shape index (κ1) is 19.0. The summed E-state index contributed by atoms with van der Waals surface area (Å²) in [6.45, 7) is 11.0. The Morgan fingerprint density at radius 3 is 2.88 bits per heavy atom. The number of allylic oxidation sites excluding steroid dienone is 3. The first-order valence-electron chi connectivity index (χ1n) is 8.94. The van der Waals surface area contributed by atoms with E-state index in [4.69, 9.17) is 0 Å². The molecule has 0 aromatic heterocycles. The lowest BCUT2D eigenvalue weighted by atomic mass is 9.85. The zero-order valence-corrected chi connectivity index (χ0v) is 15.6. The predicted octanol–water partition coefficient (Wildman–Crippen LogP) is 4.59. The predicted molar refractivity (Wildman–Crippen MR) is 106 cm³/mol. The van der Waals surface area contributed by atoms with E-state index in [-0.39, 0.29) is 5.91 Å². The molecule has 1 unspecified atom stereocenters. The lowest BCUT2D eigenvalue weighted by Crippen LogP contribution is -2.23. The average molecular weight is 339 g/mol. The van der Waals surface area contributed by atoms with E-state index in [1.54, 1.807) is 0 Å². The Morgan fingerprint density at radius 2 is 2.16 bits per heavy atom. The SMILES string of the molecule is C=C(C)C1CC=C(C)/C(=N\NC(=O)CCCNc2cccc(C)c2)C1. The van der Waals surface area contributed by atoms with Crippen LogP contribution in [0.25, 0.3) is 0 Å². The van der Waals surface area contributed by atoms with Crippen LogP contribution < -0.4 is 10.7 Å². The summed E-state index contributed by atoms with van der Waals surface area (Å²) in [6, 6.07) is 8.23. The van der Waals surface area contributed by atoms with Gasteiger partial charge >= 0.3 is 0 Å². The van der Waals surface area contributed by atoms with E-state index >= 15 is 0 Å². The Hall–Kier alpha value is -2.36. The number of benzene rings is 1. The molecule has 25 heavy (non-hydrogen) atoms. The summed E-state index contributed by atoms with van der Waals surface area (Å²) in [5, 5.41) is 7.67. The number of carbonyl (C=O) groups is 1. The molecule has 1 aromatic carbocycles. The fraction of sp³-hybridized carbons (Fsp3) is 0.429. The summed E-state index contributed by atoms with van der Waals surface area (Å²) >= 11 is 0. The number of hydrazone groups is 1. The highest BCUT2D eigenvalue weighted by atomic mass is 16.2. The normalized spacial score (nSPS) is 18.6. The standard InChI is InChI=1S/C21H29N3O/c1-15(2)18-11-10-17(4)20(14-18)23-24-21(25)9-6-12-22-19-8-5-7-16(3)13-19/h5,7-8,10,13,18,22H,1,6,9,11-12,14H2,2-4H3,(H,24,25)/b23-20-. The summed E-state index contributed by atoms with van der Waals surface area (Å²) in [4.78, 5) is 12.0. The van der Waals surface area contributed by atoms with E-state index in [1.165, 1.54) is 11.1 Å². The molecule has 4 nitrogen and oxygen atoms in total. The minimum Gasteiger partial charge on any atom is -0.385 e. The van der Waals surface area contributed by atoms with Gasteiger partial charge in [0.25, 0.3) is 0 Å². The van der Waals surface area contributed by atoms with Crippen LogP contribution in [0.15, 0.2) is 53.2 Å². The average Bonchev–Trinajstić information content (AvgIpc) is 2.58. The van der Waals surface area contributed by atoms with Crippen LogP contribution >= 0.6 is 0 Å². The number of aryl methyl sites for hydroxylation is 1. The molecular formula is C21H29N3O. The molecule has 1 atom stereocenters. The maximum Gasteiger partial charge on any atom is 0.240 e. The van der Waals surface area contributed by atoms with Gasteiger partial charge in [-0.3, -0.25) is 4.79 Å². The van der Waals surface area contributed by atoms with Crippen molar-refractivity contribution in [2.75, 3.05) is 11.9 Å². The second-order valence-electron chi connectivity index (χ2n) is 6.86. The number of hydrogen-bond acceptors (Lipinski definition) is 3. The molecule has 4 heteroatoms. The lowest BCUT2D eigenvalue weighted by molar-refractivity contribution is -0.121. The van der Waals surface area contributed by atoms with Crippen molar-refractivity contribution in [2.24, 2.45) is 11.0 Å². The Labute approximate surface area is 151 Å². The molecule has 1 aliphatic carbocycles. The van der Waals surface area contributed by atoms with E-state index < -0.39 is 0 Å². The van der Waals surface area contributed by atoms with Crippen molar-refractivity contribution in [1.82, 2.24) is 5.43 Å². The topological polar surface area (TPSA) is 53.5 Å². The molecule has 0 radical (unpaired) electrons. The van der Waals surface area contributed by atoms with Crippen molar-refractivity contribution >= 4 is 17.3 Å². The number of nitrogens with zero attached hydrogens (tertiary/aromatic N) is 1. The number of hydrogen-bond donors (Lipinski definition) is 2. The number of amides is 1. The Morgan fingerprint density at radius 1 is 1.36 bits per heavy atom. The van der Waals surface area contributed by atoms with Gasteiger partial charge in [-0.1, -0.05) is 30.4 Å². The lowest BCUT2D eigenvalue weighted by Gasteiger charge is -2.22. The van der Waals surface area contributed by atoms with Crippen molar-refractivity contribution in [2.45, 2.75) is 46.5 Å². The van der Waals surface area contributed by atoms with Crippen molar-refractivity contribution in [3.05, 3.63) is 53.6 Å². The molecule has 0 heterocycles. The zero-order chi connectivity index (χ0) is 18.2. The first-order chi connectivity index (χ1) is 12.0. The Balaban J connectivity index is 1.73. The van der Waals surface area contributed by atoms with Crippen LogP contribution in [-0.4, -0.2) is 18.2 Å². The van der Waals surface area contributed by atoms with Gasteiger partial charge in [-0.2, -0.15) is 5.10 Å². The summed E-state index contributed by atoms with van der Waals surface area (Å²) in [5.41, 5.74) is 8.30. The molecule has 0 bridgehead atoms. The van der Waals surface area contributed by atoms with Crippen LogP contribution in [0, 0.1) is 12.8 Å². The Kier molecular flexibility index (Phi) is 6.99. The molecule has 134 valence electrons. The van der Waals surface area contributed by atoms with Gasteiger partial charge < -0.3 is 5.32 Å². The van der Waals surface area contributed by atoms with Gasteiger partial charge in [-0.05, 0) is 69.2 Å². The maximum atomic E-state index is 12.0. The number of carbonyl (C=O) groups excluding carboxylic acids is 1. The highest BCUT2D eigenvalue weighted by Gasteiger charge is 2.18. The van der Waals surface area contributed by atoms with Gasteiger partial charge in [0.2, 0.25) is 5.91 Å². The van der Waals surface area contributed by atoms with E-state index in [0.29, 0.717) is 12.3 Å². The largest absolute Gasteiger partial charge is 0.385 e. The summed E-state index contributed by atoms with van der Waals surface area (Å²) < 4.78 is 0. The van der Waals surface area contributed by atoms with Gasteiger partial charge in [0.15, 0.2) is 0 Å². The zero-order valence-electron chi connectivity index (χ0n) is 15.6. The molecule has 0 saturated carbocycles. The second-order valence-corrected chi connectivity index (χ2v) is 6.86. The molecule has 2 rings (SSSR count). The molecule has 0 fully saturated rings. The van der Waals surface area contributed by atoms with Gasteiger partial charge in [0, 0.05) is 18.7 Å². The highest BCUT2D eigenvalue weighted by Crippen LogP contribution is 2.26. The van der Waals surface area contributed by atoms with Gasteiger partial charge in [-0.15, -0.1) is 0 Å². The fourth-order valence-electron chi connectivity index (χ4n) is 2.85. The minimum absolute atomic E-state index is 0.0382. The highest BCUT2D eigenvalue weighted by molar-refractivity contribution is 6.01. The van der Waals surface area contributed by atoms with Crippen molar-refractivity contribution in [1.29, 1.82) is 0 Å². The van der Waals surface area contributed by atoms with E-state index in [1.807, 2.05) is 19.1 Å². The molecule has 1 amide bonds. The van der Waals surface area contributed by atoms with Crippen LogP contribution in [0.5, 0.6) is 0 Å². The Bertz CT molecular complexity index is 688. The monoisotopic (exact) mass is 339 g/mol. The third-order valence-electron chi connectivity index (χ3n) is 4.54. The third-order valence-corrected chi connectivity index (χ3v) is 4.54. The summed E-state index contributed by atoms with van der Waals surface area (Å²) in [5.74, 6) is 0.390. The van der Waals surface area contributed by atoms with E-state index in [2.05, 4.69) is 54.5 Å². The van der Waals surface area contributed by atoms with Crippen molar-refractivity contribution in [3.8, 4) is 0 Å². The van der Waals surface area contributed by atoms with Gasteiger partial charge in [0.05, 0.1) is 5.71 Å². The quantitative estimate of drug-likeness (QED) is 0.433. The van der Waals surface area contributed by atoms with Gasteiger partial charge in [0.1, 0.15) is 0 Å². The van der Waals surface area contributed by atoms with Crippen LogP contribution in [0.4, 0.5) is 5.69 Å². The van der Waals surface area contributed by atoms with Crippen LogP contribution in [0.1, 0.15) is 45.1 Å². The molecular weight excluding hydrogens is 310 g/mol. The fourth-order valence-corrected chi connectivity index (χ4v) is 2.85. The number of anilines is 1. The molecule has 1 aliphatic rings. The molecule has 1 aromatic rings. The number of nitrogens with one attached hydrogen (secondary N) is 2. The maximum absolute atomic E-state index is 12.0. The van der Waals surface area contributed by atoms with Gasteiger partial charge in [-0.25, -0.2) is 5.43 Å². The van der Waals surface area contributed by atoms with E-state index in [0.717, 1.165) is 42.8 Å². The number of rotatable bonds is 7. The van der Waals surface area contributed by atoms with Crippen molar-refractivity contribution in [3.63, 3.8) is 0 Å². The van der Waals surface area contributed by atoms with Crippen LogP contribution in [-0.2, 0) is 4.79 Å². The second kappa shape index (κ2) is 9.21. The molecule has 0 saturated heterocycles. The van der Waals surface area contributed by atoms with Crippen LogP contribution in [0.2, 0.25) is 0 Å². The van der Waals surface area contributed by atoms with E-state index in [9.17, 15) is 4.79 Å². The molecule has 0 aliphatic heterocycles. The van der Waals surface area contributed by atoms with Crippen molar-refractivity contribution < 1.29 is 4.79 Å².